The van der Waals surface area contributed by atoms with Gasteiger partial charge < -0.3 is 9.64 Å². The van der Waals surface area contributed by atoms with Crippen LogP contribution in [-0.4, -0.2) is 34.4 Å². The van der Waals surface area contributed by atoms with E-state index in [-0.39, 0.29) is 6.10 Å². The van der Waals surface area contributed by atoms with Gasteiger partial charge >= 0.3 is 0 Å². The second-order valence-corrected chi connectivity index (χ2v) is 6.43. The van der Waals surface area contributed by atoms with Gasteiger partial charge in [-0.3, -0.25) is 4.68 Å². The topological polar surface area (TPSA) is 30.3 Å². The number of likely N-dealkylation sites (N-methyl/N-ethyl adjacent to an activating group) is 1. The Hall–Kier alpha value is -2.04. The molecule has 0 N–H and O–H groups in total. The zero-order chi connectivity index (χ0) is 16.9. The van der Waals surface area contributed by atoms with Crippen molar-refractivity contribution in [1.29, 1.82) is 0 Å². The summed E-state index contributed by atoms with van der Waals surface area (Å²) in [4.78, 5) is 2.20. The first-order valence-electron chi connectivity index (χ1n) is 8.06. The number of aryl methyl sites for hydroxylation is 1. The van der Waals surface area contributed by atoms with E-state index in [1.54, 1.807) is 4.68 Å². The molecule has 2 heterocycles. The first-order chi connectivity index (χ1) is 11.6. The van der Waals surface area contributed by atoms with Gasteiger partial charge in [-0.1, -0.05) is 35.9 Å². The van der Waals surface area contributed by atoms with Crippen LogP contribution in [0.3, 0.4) is 0 Å². The zero-order valence-electron chi connectivity index (χ0n) is 14.0. The van der Waals surface area contributed by atoms with Crippen LogP contribution in [0.4, 0.5) is 0 Å². The Labute approximate surface area is 148 Å². The highest BCUT2D eigenvalue weighted by Gasteiger charge is 2.18. The van der Waals surface area contributed by atoms with Gasteiger partial charge in [-0.05, 0) is 36.4 Å². The average molecular weight is 344 g/mol. The van der Waals surface area contributed by atoms with E-state index in [0.29, 0.717) is 12.6 Å². The smallest absolute Gasteiger partial charge is 0.111 e. The van der Waals surface area contributed by atoms with Crippen LogP contribution in [0.25, 0.3) is 0 Å². The summed E-state index contributed by atoms with van der Waals surface area (Å²) in [5.41, 5.74) is 2.13. The van der Waals surface area contributed by atoms with Crippen molar-refractivity contribution in [3.8, 4) is 0 Å². The molecule has 3 rings (SSSR count). The van der Waals surface area contributed by atoms with Crippen LogP contribution in [0.1, 0.15) is 23.7 Å². The number of aromatic nitrogens is 2. The van der Waals surface area contributed by atoms with Crippen LogP contribution in [0, 0.1) is 0 Å². The van der Waals surface area contributed by atoms with E-state index < -0.39 is 0 Å². The lowest BCUT2D eigenvalue weighted by Crippen LogP contribution is -2.28. The standard InChI is InChI=1S/C19H22ClN3O/c1-22-11-4-3-5-18(22)10-12-24-19(16-13-21-23(2)14-16)15-6-8-17(20)9-7-15/h3-9,11,13-14,18-19H,10,12H2,1-2H3. The van der Waals surface area contributed by atoms with Gasteiger partial charge in [-0.15, -0.1) is 0 Å². The van der Waals surface area contributed by atoms with Crippen LogP contribution in [0.2, 0.25) is 5.02 Å². The molecule has 4 nitrogen and oxygen atoms in total. The molecule has 1 aromatic carbocycles. The Bertz CT molecular complexity index is 720. The van der Waals surface area contributed by atoms with Gasteiger partial charge in [0.25, 0.3) is 0 Å². The summed E-state index contributed by atoms with van der Waals surface area (Å²) in [7, 11) is 4.00. The maximum absolute atomic E-state index is 6.24. The van der Waals surface area contributed by atoms with E-state index in [2.05, 4.69) is 35.4 Å². The van der Waals surface area contributed by atoms with Gasteiger partial charge in [-0.2, -0.15) is 5.10 Å². The Kier molecular flexibility index (Phi) is 5.38. The monoisotopic (exact) mass is 343 g/mol. The number of benzene rings is 1. The van der Waals surface area contributed by atoms with E-state index >= 15 is 0 Å². The summed E-state index contributed by atoms with van der Waals surface area (Å²) in [6.07, 6.45) is 13.1. The van der Waals surface area contributed by atoms with Crippen LogP contribution < -0.4 is 0 Å². The molecule has 0 bridgehead atoms. The predicted octanol–water partition coefficient (Wildman–Crippen LogP) is 3.95. The number of allylic oxidation sites excluding steroid dienone is 2. The van der Waals surface area contributed by atoms with E-state index in [0.717, 1.165) is 22.6 Å². The molecule has 1 aliphatic heterocycles. The maximum atomic E-state index is 6.24. The van der Waals surface area contributed by atoms with Crippen LogP contribution >= 0.6 is 11.6 Å². The lowest BCUT2D eigenvalue weighted by molar-refractivity contribution is 0.0699. The van der Waals surface area contributed by atoms with E-state index in [9.17, 15) is 0 Å². The summed E-state index contributed by atoms with van der Waals surface area (Å²) < 4.78 is 8.03. The van der Waals surface area contributed by atoms with E-state index in [4.69, 9.17) is 16.3 Å². The third-order valence-electron chi connectivity index (χ3n) is 4.19. The number of halogens is 1. The quantitative estimate of drug-likeness (QED) is 0.795. The SMILES string of the molecule is CN1C=CC=CC1CCOC(c1ccc(Cl)cc1)c1cnn(C)c1. The molecule has 0 aliphatic carbocycles. The minimum atomic E-state index is -0.135. The number of hydrogen-bond acceptors (Lipinski definition) is 3. The fourth-order valence-corrected chi connectivity index (χ4v) is 2.95. The molecule has 0 saturated carbocycles. The number of rotatable bonds is 6. The highest BCUT2D eigenvalue weighted by atomic mass is 35.5. The van der Waals surface area contributed by atoms with Crippen molar-refractivity contribution in [2.75, 3.05) is 13.7 Å². The molecule has 2 atom stereocenters. The van der Waals surface area contributed by atoms with Crippen LogP contribution in [0.5, 0.6) is 0 Å². The minimum absolute atomic E-state index is 0.135. The predicted molar refractivity (Wildman–Crippen MR) is 96.9 cm³/mol. The molecule has 2 aromatic rings. The van der Waals surface area contributed by atoms with Crippen LogP contribution in [-0.2, 0) is 11.8 Å². The van der Waals surface area contributed by atoms with Gasteiger partial charge in [0, 0.05) is 36.9 Å². The second-order valence-electron chi connectivity index (χ2n) is 6.00. The van der Waals surface area contributed by atoms with Crippen molar-refractivity contribution in [3.05, 3.63) is 77.2 Å². The van der Waals surface area contributed by atoms with Gasteiger partial charge in [0.1, 0.15) is 6.10 Å². The molecule has 5 heteroatoms. The number of hydrogen-bond donors (Lipinski definition) is 0. The molecular formula is C19H22ClN3O. The van der Waals surface area contributed by atoms with Crippen molar-refractivity contribution < 1.29 is 4.74 Å². The fraction of sp³-hybridized carbons (Fsp3) is 0.316. The Morgan fingerprint density at radius 1 is 1.17 bits per heavy atom. The Morgan fingerprint density at radius 3 is 2.62 bits per heavy atom. The van der Waals surface area contributed by atoms with Gasteiger partial charge in [0.05, 0.1) is 12.8 Å². The maximum Gasteiger partial charge on any atom is 0.111 e. The molecule has 0 spiro atoms. The molecular weight excluding hydrogens is 322 g/mol. The molecule has 0 amide bonds. The molecule has 1 aliphatic rings. The zero-order valence-corrected chi connectivity index (χ0v) is 14.7. The van der Waals surface area contributed by atoms with Crippen molar-refractivity contribution in [2.45, 2.75) is 18.6 Å². The van der Waals surface area contributed by atoms with Gasteiger partial charge in [0.2, 0.25) is 0 Å². The first kappa shape index (κ1) is 16.8. The number of ether oxygens (including phenoxy) is 1. The Morgan fingerprint density at radius 2 is 1.96 bits per heavy atom. The van der Waals surface area contributed by atoms with Crippen LogP contribution in [0.15, 0.2) is 61.1 Å². The first-order valence-corrected chi connectivity index (χ1v) is 8.44. The van der Waals surface area contributed by atoms with Crippen molar-refractivity contribution in [2.24, 2.45) is 7.05 Å². The highest BCUT2D eigenvalue weighted by Crippen LogP contribution is 2.27. The van der Waals surface area contributed by atoms with Gasteiger partial charge in [-0.25, -0.2) is 0 Å². The summed E-state index contributed by atoms with van der Waals surface area (Å²) in [6.45, 7) is 0.662. The number of nitrogens with zero attached hydrogens (tertiary/aromatic N) is 3. The minimum Gasteiger partial charge on any atom is -0.374 e. The molecule has 126 valence electrons. The van der Waals surface area contributed by atoms with Crippen molar-refractivity contribution >= 4 is 11.6 Å². The normalized spacial score (nSPS) is 18.1. The summed E-state index contributed by atoms with van der Waals surface area (Å²) in [6, 6.07) is 8.18. The summed E-state index contributed by atoms with van der Waals surface area (Å²) >= 11 is 6.01. The second kappa shape index (κ2) is 7.69. The average Bonchev–Trinajstić information content (AvgIpc) is 3.00. The lowest BCUT2D eigenvalue weighted by Gasteiger charge is -2.27. The molecule has 2 unspecified atom stereocenters. The lowest BCUT2D eigenvalue weighted by atomic mass is 10.0. The molecule has 24 heavy (non-hydrogen) atoms. The largest absolute Gasteiger partial charge is 0.374 e. The summed E-state index contributed by atoms with van der Waals surface area (Å²) in [5, 5.41) is 5.00. The molecule has 1 aromatic heterocycles. The van der Waals surface area contributed by atoms with Gasteiger partial charge in [0.15, 0.2) is 0 Å². The molecule has 0 saturated heterocycles. The third-order valence-corrected chi connectivity index (χ3v) is 4.44. The highest BCUT2D eigenvalue weighted by molar-refractivity contribution is 6.30. The fourth-order valence-electron chi connectivity index (χ4n) is 2.83. The third kappa shape index (κ3) is 4.08. The van der Waals surface area contributed by atoms with E-state index in [1.807, 2.05) is 49.8 Å². The summed E-state index contributed by atoms with van der Waals surface area (Å²) in [5.74, 6) is 0. The Balaban J connectivity index is 1.69. The van der Waals surface area contributed by atoms with E-state index in [1.165, 1.54) is 0 Å². The van der Waals surface area contributed by atoms with Crippen molar-refractivity contribution in [1.82, 2.24) is 14.7 Å². The molecule has 0 fully saturated rings. The molecule has 0 radical (unpaired) electrons. The van der Waals surface area contributed by atoms with Crippen molar-refractivity contribution in [3.63, 3.8) is 0 Å².